The molecule has 0 spiro atoms. The first-order valence-corrected chi connectivity index (χ1v) is 8.92. The molecule has 5 N–H and O–H groups in total. The van der Waals surface area contributed by atoms with Gasteiger partial charge in [0.1, 0.15) is 16.8 Å². The Morgan fingerprint density at radius 3 is 2.08 bits per heavy atom. The van der Waals surface area contributed by atoms with Gasteiger partial charge < -0.3 is 11.5 Å². The highest BCUT2D eigenvalue weighted by atomic mass is 32.2. The van der Waals surface area contributed by atoms with Crippen LogP contribution >= 0.6 is 11.8 Å². The van der Waals surface area contributed by atoms with Gasteiger partial charge in [-0.05, 0) is 30.7 Å². The Kier molecular flexibility index (Phi) is 7.32. The number of nitrogens with two attached hydrogens (primary N) is 2. The van der Waals surface area contributed by atoms with Gasteiger partial charge in [0.15, 0.2) is 0 Å². The van der Waals surface area contributed by atoms with Crippen LogP contribution in [0, 0.1) is 18.3 Å². The molecule has 0 aliphatic carbocycles. The lowest BCUT2D eigenvalue weighted by molar-refractivity contribution is 0.482. The van der Waals surface area contributed by atoms with Crippen LogP contribution in [-0.2, 0) is 10.1 Å². The fraction of sp³-hybridized carbons (Fsp3) is 0.0625. The van der Waals surface area contributed by atoms with E-state index in [1.165, 1.54) is 17.8 Å². The molecular formula is C16H17N3O3S2. The Morgan fingerprint density at radius 1 is 1.08 bits per heavy atom. The second-order valence-corrected chi connectivity index (χ2v) is 7.05. The van der Waals surface area contributed by atoms with Crippen molar-refractivity contribution in [2.24, 2.45) is 11.5 Å². The number of rotatable bonds is 3. The van der Waals surface area contributed by atoms with Crippen LogP contribution in [0.5, 0.6) is 0 Å². The van der Waals surface area contributed by atoms with E-state index in [2.05, 4.69) is 0 Å². The number of benzene rings is 2. The zero-order chi connectivity index (χ0) is 18.2. The molecule has 0 aliphatic heterocycles. The van der Waals surface area contributed by atoms with Gasteiger partial charge in [-0.2, -0.15) is 13.7 Å². The lowest BCUT2D eigenvalue weighted by Gasteiger charge is -2.00. The van der Waals surface area contributed by atoms with Gasteiger partial charge in [0, 0.05) is 4.90 Å². The maximum Gasteiger partial charge on any atom is 0.294 e. The van der Waals surface area contributed by atoms with Gasteiger partial charge in [0.2, 0.25) is 0 Å². The van der Waals surface area contributed by atoms with Gasteiger partial charge in [0.25, 0.3) is 10.1 Å². The molecule has 126 valence electrons. The molecule has 24 heavy (non-hydrogen) atoms. The molecule has 0 atom stereocenters. The molecule has 6 nitrogen and oxygen atoms in total. The van der Waals surface area contributed by atoms with E-state index in [9.17, 15) is 8.42 Å². The van der Waals surface area contributed by atoms with Crippen molar-refractivity contribution >= 4 is 21.9 Å². The third-order valence-electron chi connectivity index (χ3n) is 2.73. The lowest BCUT2D eigenvalue weighted by Crippen LogP contribution is -2.04. The van der Waals surface area contributed by atoms with Crippen LogP contribution in [-0.4, -0.2) is 13.0 Å². The van der Waals surface area contributed by atoms with Crippen LogP contribution in [0.15, 0.2) is 75.1 Å². The van der Waals surface area contributed by atoms with E-state index >= 15 is 0 Å². The van der Waals surface area contributed by atoms with Crippen LogP contribution in [0.25, 0.3) is 0 Å². The molecule has 0 aliphatic rings. The third-order valence-corrected chi connectivity index (χ3v) is 4.69. The number of aryl methyl sites for hydroxylation is 1. The highest BCUT2D eigenvalue weighted by Crippen LogP contribution is 2.23. The van der Waals surface area contributed by atoms with Crippen molar-refractivity contribution < 1.29 is 13.0 Å². The Labute approximate surface area is 145 Å². The van der Waals surface area contributed by atoms with Crippen LogP contribution in [0.4, 0.5) is 0 Å². The Morgan fingerprint density at radius 2 is 1.62 bits per heavy atom. The van der Waals surface area contributed by atoms with E-state index in [4.69, 9.17) is 21.3 Å². The van der Waals surface area contributed by atoms with E-state index < -0.39 is 10.1 Å². The van der Waals surface area contributed by atoms with Crippen LogP contribution < -0.4 is 11.5 Å². The van der Waals surface area contributed by atoms with Gasteiger partial charge in [-0.1, -0.05) is 48.2 Å². The molecule has 0 aromatic heterocycles. The second-order valence-electron chi connectivity index (χ2n) is 4.55. The maximum absolute atomic E-state index is 10.6. The molecule has 0 saturated carbocycles. The molecule has 0 unspecified atom stereocenters. The van der Waals surface area contributed by atoms with E-state index in [0.717, 1.165) is 4.90 Å². The molecule has 0 bridgehead atoms. The van der Waals surface area contributed by atoms with Crippen molar-refractivity contribution in [1.29, 1.82) is 5.26 Å². The monoisotopic (exact) mass is 363 g/mol. The summed E-state index contributed by atoms with van der Waals surface area (Å²) in [6, 6.07) is 17.6. The summed E-state index contributed by atoms with van der Waals surface area (Å²) in [5.41, 5.74) is 11.5. The standard InChI is InChI=1S/C9H9N3S.C7H8O3S/c10-6-8(11)9(12)13-7-4-2-1-3-5-7;1-6-4-2-3-5-7(6)11(8,9)10/h1-5H,11-12H2;2-5H,1H3,(H,8,9,10)/b9-8-;. The van der Waals surface area contributed by atoms with Gasteiger partial charge in [0.05, 0.1) is 4.90 Å². The van der Waals surface area contributed by atoms with E-state index in [1.54, 1.807) is 31.2 Å². The highest BCUT2D eigenvalue weighted by Gasteiger charge is 2.10. The van der Waals surface area contributed by atoms with Crippen molar-refractivity contribution in [2.75, 3.05) is 0 Å². The van der Waals surface area contributed by atoms with Crippen molar-refractivity contribution in [3.05, 3.63) is 70.9 Å². The first-order chi connectivity index (χ1) is 11.3. The van der Waals surface area contributed by atoms with Crippen molar-refractivity contribution in [2.45, 2.75) is 16.7 Å². The number of hydrogen-bond donors (Lipinski definition) is 3. The lowest BCUT2D eigenvalue weighted by atomic mass is 10.2. The molecule has 0 saturated heterocycles. The second kappa shape index (κ2) is 8.98. The number of hydrogen-bond acceptors (Lipinski definition) is 6. The van der Waals surface area contributed by atoms with Crippen LogP contribution in [0.1, 0.15) is 5.56 Å². The SMILES string of the molecule is Cc1ccccc1S(=O)(=O)O.N#C/C(N)=C(\N)Sc1ccccc1. The summed E-state index contributed by atoms with van der Waals surface area (Å²) in [4.78, 5) is 0.943. The van der Waals surface area contributed by atoms with Gasteiger partial charge >= 0.3 is 0 Å². The van der Waals surface area contributed by atoms with Crippen LogP contribution in [0.2, 0.25) is 0 Å². The maximum atomic E-state index is 10.6. The fourth-order valence-corrected chi connectivity index (χ4v) is 3.00. The molecule has 0 amide bonds. The normalized spacial score (nSPS) is 11.5. The summed E-state index contributed by atoms with van der Waals surface area (Å²) in [5.74, 6) is 0. The van der Waals surface area contributed by atoms with E-state index in [0.29, 0.717) is 10.6 Å². The topological polar surface area (TPSA) is 130 Å². The van der Waals surface area contributed by atoms with Gasteiger partial charge in [-0.15, -0.1) is 0 Å². The minimum absolute atomic E-state index is 0.0278. The molecule has 2 aromatic rings. The Hall–Kier alpha value is -2.47. The predicted molar refractivity (Wildman–Crippen MR) is 94.3 cm³/mol. The van der Waals surface area contributed by atoms with Gasteiger partial charge in [-0.25, -0.2) is 0 Å². The molecule has 0 fully saturated rings. The average molecular weight is 363 g/mol. The summed E-state index contributed by atoms with van der Waals surface area (Å²) in [6.45, 7) is 1.63. The summed E-state index contributed by atoms with van der Waals surface area (Å²) in [7, 11) is -4.03. The number of allylic oxidation sites excluding steroid dienone is 1. The minimum Gasteiger partial charge on any atom is -0.391 e. The summed E-state index contributed by atoms with van der Waals surface area (Å²) in [6.07, 6.45) is 0. The first kappa shape index (κ1) is 19.6. The number of thioether (sulfide) groups is 1. The van der Waals surface area contributed by atoms with Gasteiger partial charge in [-0.3, -0.25) is 4.55 Å². The highest BCUT2D eigenvalue weighted by molar-refractivity contribution is 8.03. The molecule has 2 rings (SSSR count). The van der Waals surface area contributed by atoms with E-state index in [1.807, 2.05) is 30.3 Å². The first-order valence-electron chi connectivity index (χ1n) is 6.67. The zero-order valence-corrected chi connectivity index (χ0v) is 14.5. The fourth-order valence-electron chi connectivity index (χ4n) is 1.57. The van der Waals surface area contributed by atoms with E-state index in [-0.39, 0.29) is 10.6 Å². The summed E-state index contributed by atoms with van der Waals surface area (Å²) in [5, 5.41) is 8.80. The largest absolute Gasteiger partial charge is 0.391 e. The van der Waals surface area contributed by atoms with Crippen molar-refractivity contribution in [3.63, 3.8) is 0 Å². The van der Waals surface area contributed by atoms with Crippen LogP contribution in [0.3, 0.4) is 0 Å². The molecule has 0 heterocycles. The van der Waals surface area contributed by atoms with Crippen molar-refractivity contribution in [1.82, 2.24) is 0 Å². The van der Waals surface area contributed by atoms with Crippen molar-refractivity contribution in [3.8, 4) is 6.07 Å². The smallest absolute Gasteiger partial charge is 0.294 e. The number of nitriles is 1. The quantitative estimate of drug-likeness (QED) is 0.434. The molecule has 8 heteroatoms. The summed E-state index contributed by atoms with van der Waals surface area (Å²) < 4.78 is 29.9. The average Bonchev–Trinajstić information content (AvgIpc) is 2.55. The minimum atomic E-state index is -4.03. The Bertz CT molecular complexity index is 858. The Balaban J connectivity index is 0.000000243. The summed E-state index contributed by atoms with van der Waals surface area (Å²) >= 11 is 1.29. The zero-order valence-electron chi connectivity index (χ0n) is 12.9. The molecule has 2 aromatic carbocycles. The number of nitrogens with zero attached hydrogens (tertiary/aromatic N) is 1. The molecule has 0 radical (unpaired) electrons. The predicted octanol–water partition coefficient (Wildman–Crippen LogP) is 2.63. The third kappa shape index (κ3) is 6.34. The molecular weight excluding hydrogens is 346 g/mol.